The van der Waals surface area contributed by atoms with Crippen LogP contribution in [0.15, 0.2) is 12.1 Å². The number of nitrogens with zero attached hydrogens (tertiary/aromatic N) is 1. The van der Waals surface area contributed by atoms with Gasteiger partial charge in [-0.05, 0) is 50.6 Å². The maximum absolute atomic E-state index is 12.4. The Morgan fingerprint density at radius 2 is 2.17 bits per heavy atom. The zero-order chi connectivity index (χ0) is 16.4. The van der Waals surface area contributed by atoms with Gasteiger partial charge in [-0.15, -0.1) is 12.4 Å². The number of fused-ring (bicyclic) bond motifs is 2. The smallest absolute Gasteiger partial charge is 0.166 e. The molecule has 0 aromatic heterocycles. The number of ether oxygens (including phenoxy) is 1. The summed E-state index contributed by atoms with van der Waals surface area (Å²) in [5.41, 5.74) is 6.73. The molecule has 1 aromatic carbocycles. The van der Waals surface area contributed by atoms with E-state index in [1.54, 1.807) is 19.2 Å². The van der Waals surface area contributed by atoms with Crippen molar-refractivity contribution in [3.05, 3.63) is 22.7 Å². The van der Waals surface area contributed by atoms with Crippen LogP contribution in [0.25, 0.3) is 0 Å². The number of likely N-dealkylation sites (tertiary alicyclic amines) is 1. The van der Waals surface area contributed by atoms with Crippen molar-refractivity contribution in [1.82, 2.24) is 4.90 Å². The van der Waals surface area contributed by atoms with Crippen molar-refractivity contribution in [2.45, 2.75) is 44.6 Å². The lowest BCUT2D eigenvalue weighted by molar-refractivity contribution is 0.0974. The molecule has 2 fully saturated rings. The minimum Gasteiger partial charge on any atom is -0.496 e. The van der Waals surface area contributed by atoms with Crippen molar-refractivity contribution in [1.29, 1.82) is 0 Å². The second-order valence-electron chi connectivity index (χ2n) is 6.78. The van der Waals surface area contributed by atoms with Crippen LogP contribution in [0.3, 0.4) is 0 Å². The van der Waals surface area contributed by atoms with Crippen LogP contribution < -0.4 is 10.5 Å². The average molecular weight is 373 g/mol. The minimum absolute atomic E-state index is 0. The first-order chi connectivity index (χ1) is 11.1. The monoisotopic (exact) mass is 372 g/mol. The summed E-state index contributed by atoms with van der Waals surface area (Å²) in [6.45, 7) is 2.38. The van der Waals surface area contributed by atoms with Gasteiger partial charge in [-0.2, -0.15) is 0 Å². The lowest BCUT2D eigenvalue weighted by Gasteiger charge is -2.26. The number of nitrogen functional groups attached to an aromatic ring is 1. The Hall–Kier alpha value is -0.970. The van der Waals surface area contributed by atoms with E-state index in [0.717, 1.165) is 31.3 Å². The molecule has 2 bridgehead atoms. The molecule has 3 rings (SSSR count). The van der Waals surface area contributed by atoms with Crippen LogP contribution in [0.1, 0.15) is 48.9 Å². The van der Waals surface area contributed by atoms with Gasteiger partial charge >= 0.3 is 0 Å². The van der Waals surface area contributed by atoms with Crippen LogP contribution >= 0.6 is 24.0 Å². The number of hydrogen-bond acceptors (Lipinski definition) is 4. The zero-order valence-electron chi connectivity index (χ0n) is 14.1. The molecule has 6 heteroatoms. The van der Waals surface area contributed by atoms with E-state index in [1.807, 2.05) is 0 Å². The summed E-state index contributed by atoms with van der Waals surface area (Å²) in [6, 6.07) is 4.06. The Bertz CT molecular complexity index is 595. The highest BCUT2D eigenvalue weighted by Crippen LogP contribution is 2.37. The van der Waals surface area contributed by atoms with Gasteiger partial charge in [-0.1, -0.05) is 11.6 Å². The molecule has 2 unspecified atom stereocenters. The summed E-state index contributed by atoms with van der Waals surface area (Å²) in [4.78, 5) is 15.0. The van der Waals surface area contributed by atoms with Gasteiger partial charge < -0.3 is 15.4 Å². The molecule has 1 aliphatic heterocycles. The lowest BCUT2D eigenvalue weighted by Crippen LogP contribution is -2.32. The molecule has 1 heterocycles. The number of nitrogens with two attached hydrogens (primary N) is 1. The number of carbonyl (C=O) groups is 1. The van der Waals surface area contributed by atoms with Crippen molar-refractivity contribution in [3.63, 3.8) is 0 Å². The summed E-state index contributed by atoms with van der Waals surface area (Å²) in [5, 5.41) is 0.405. The Kier molecular flexibility index (Phi) is 6.79. The van der Waals surface area contributed by atoms with E-state index in [-0.39, 0.29) is 18.2 Å². The molecule has 1 saturated carbocycles. The first kappa shape index (κ1) is 19.4. The number of hydrogen-bond donors (Lipinski definition) is 1. The lowest BCUT2D eigenvalue weighted by atomic mass is 10.0. The number of unbranched alkanes of at least 4 members (excludes halogenated alkanes) is 1. The van der Waals surface area contributed by atoms with Crippen LogP contribution in [0, 0.1) is 5.92 Å². The van der Waals surface area contributed by atoms with Gasteiger partial charge in [0.05, 0.1) is 23.4 Å². The third-order valence-corrected chi connectivity index (χ3v) is 5.57. The normalized spacial score (nSPS) is 22.4. The highest BCUT2D eigenvalue weighted by molar-refractivity contribution is 6.33. The number of ketones is 1. The number of rotatable bonds is 7. The molecule has 134 valence electrons. The van der Waals surface area contributed by atoms with E-state index in [4.69, 9.17) is 22.1 Å². The topological polar surface area (TPSA) is 55.6 Å². The first-order valence-electron chi connectivity index (χ1n) is 8.48. The van der Waals surface area contributed by atoms with E-state index in [9.17, 15) is 4.79 Å². The van der Waals surface area contributed by atoms with Gasteiger partial charge in [-0.25, -0.2) is 0 Å². The van der Waals surface area contributed by atoms with Crippen molar-refractivity contribution < 1.29 is 9.53 Å². The van der Waals surface area contributed by atoms with E-state index in [2.05, 4.69) is 4.90 Å². The van der Waals surface area contributed by atoms with Gasteiger partial charge in [0.15, 0.2) is 5.78 Å². The maximum atomic E-state index is 12.4. The van der Waals surface area contributed by atoms with E-state index >= 15 is 0 Å². The number of Topliss-reactive ketones (excluding diaryl/α,β-unsaturated/α-hetero) is 1. The number of halogens is 2. The molecule has 0 spiro atoms. The molecule has 4 nitrogen and oxygen atoms in total. The third kappa shape index (κ3) is 4.16. The molecular formula is C18H26Cl2N2O2. The first-order valence-corrected chi connectivity index (χ1v) is 8.86. The Labute approximate surface area is 155 Å². The molecule has 1 aliphatic carbocycles. The molecule has 0 radical (unpaired) electrons. The second-order valence-corrected chi connectivity index (χ2v) is 7.19. The van der Waals surface area contributed by atoms with Gasteiger partial charge in [-0.3, -0.25) is 4.79 Å². The Balaban J connectivity index is 0.00000208. The summed E-state index contributed by atoms with van der Waals surface area (Å²) < 4.78 is 5.26. The predicted molar refractivity (Wildman–Crippen MR) is 101 cm³/mol. The van der Waals surface area contributed by atoms with Crippen molar-refractivity contribution in [2.24, 2.45) is 5.92 Å². The molecular weight excluding hydrogens is 347 g/mol. The maximum Gasteiger partial charge on any atom is 0.166 e. The zero-order valence-corrected chi connectivity index (χ0v) is 15.7. The molecule has 2 atom stereocenters. The van der Waals surface area contributed by atoms with Gasteiger partial charge in [0.25, 0.3) is 0 Å². The van der Waals surface area contributed by atoms with Crippen molar-refractivity contribution in [2.75, 3.05) is 25.9 Å². The molecule has 2 aliphatic rings. The van der Waals surface area contributed by atoms with E-state index < -0.39 is 0 Å². The van der Waals surface area contributed by atoms with Crippen LogP contribution in [0.5, 0.6) is 5.75 Å². The number of methoxy groups -OCH3 is 1. The molecule has 0 amide bonds. The van der Waals surface area contributed by atoms with Gasteiger partial charge in [0, 0.05) is 25.1 Å². The van der Waals surface area contributed by atoms with Crippen LogP contribution in [-0.2, 0) is 0 Å². The fraction of sp³-hybridized carbons (Fsp3) is 0.611. The van der Waals surface area contributed by atoms with Crippen LogP contribution in [0.2, 0.25) is 5.02 Å². The average Bonchev–Trinajstić information content (AvgIpc) is 3.16. The molecule has 2 N–H and O–H groups in total. The van der Waals surface area contributed by atoms with Gasteiger partial charge in [0.1, 0.15) is 5.75 Å². The summed E-state index contributed by atoms with van der Waals surface area (Å²) >= 11 is 6.03. The highest BCUT2D eigenvalue weighted by atomic mass is 35.5. The summed E-state index contributed by atoms with van der Waals surface area (Å²) in [7, 11) is 1.54. The highest BCUT2D eigenvalue weighted by Gasteiger charge is 2.36. The van der Waals surface area contributed by atoms with Crippen molar-refractivity contribution in [3.8, 4) is 5.75 Å². The fourth-order valence-corrected chi connectivity index (χ4v) is 4.16. The molecule has 1 aromatic rings. The fourth-order valence-electron chi connectivity index (χ4n) is 3.99. The van der Waals surface area contributed by atoms with Crippen LogP contribution in [0.4, 0.5) is 5.69 Å². The van der Waals surface area contributed by atoms with E-state index in [0.29, 0.717) is 28.4 Å². The number of piperidine rings is 1. The predicted octanol–water partition coefficient (Wildman–Crippen LogP) is 4.19. The largest absolute Gasteiger partial charge is 0.496 e. The van der Waals surface area contributed by atoms with Crippen molar-refractivity contribution >= 4 is 35.5 Å². The number of anilines is 1. The van der Waals surface area contributed by atoms with Crippen LogP contribution in [-0.4, -0.2) is 36.9 Å². The minimum atomic E-state index is 0. The number of benzene rings is 1. The number of carbonyl (C=O) groups excluding carboxylic acids is 1. The Morgan fingerprint density at radius 1 is 1.38 bits per heavy atom. The molecule has 1 saturated heterocycles. The SMILES string of the molecule is COc1cc(N)c(Cl)cc1C(=O)CCCCN1CC2CCC1C2.Cl. The molecule has 24 heavy (non-hydrogen) atoms. The standard InChI is InChI=1S/C18H25ClN2O2.ClH/c1-23-18-10-16(20)15(19)9-14(18)17(22)4-2-3-7-21-11-12-5-6-13(21)8-12;/h9-10,12-13H,2-8,11,20H2,1H3;1H. The van der Waals surface area contributed by atoms with Gasteiger partial charge in [0.2, 0.25) is 0 Å². The Morgan fingerprint density at radius 3 is 2.79 bits per heavy atom. The second kappa shape index (κ2) is 8.41. The quantitative estimate of drug-likeness (QED) is 0.442. The summed E-state index contributed by atoms with van der Waals surface area (Å²) in [6.07, 6.45) is 6.67. The summed E-state index contributed by atoms with van der Waals surface area (Å²) in [5.74, 6) is 1.52. The third-order valence-electron chi connectivity index (χ3n) is 5.24. The van der Waals surface area contributed by atoms with E-state index in [1.165, 1.54) is 25.8 Å².